The summed E-state index contributed by atoms with van der Waals surface area (Å²) < 4.78 is 0. The molecular formula is C12H11N3O2. The van der Waals surface area contributed by atoms with Crippen LogP contribution in [0.1, 0.15) is 10.4 Å². The maximum atomic E-state index is 10.7. The van der Waals surface area contributed by atoms with E-state index in [1.165, 1.54) is 0 Å². The van der Waals surface area contributed by atoms with E-state index in [1.54, 1.807) is 47.6 Å². The van der Waals surface area contributed by atoms with E-state index in [9.17, 15) is 4.79 Å². The standard InChI is InChI=1S/C12H11N3O2/c1-15(12-13-7-2-8-14-12)10-5-3-9(4-6-10)11(16)17/h2-8H,1H3,(H,16,17). The van der Waals surface area contributed by atoms with Gasteiger partial charge >= 0.3 is 5.97 Å². The number of carboxylic acids is 1. The average Bonchev–Trinajstić information content (AvgIpc) is 2.39. The van der Waals surface area contributed by atoms with Crippen LogP contribution in [0.25, 0.3) is 0 Å². The van der Waals surface area contributed by atoms with Crippen molar-refractivity contribution in [1.82, 2.24) is 9.97 Å². The maximum Gasteiger partial charge on any atom is 0.335 e. The largest absolute Gasteiger partial charge is 0.478 e. The molecule has 1 heterocycles. The molecule has 0 fully saturated rings. The van der Waals surface area contributed by atoms with Gasteiger partial charge in [0.25, 0.3) is 0 Å². The van der Waals surface area contributed by atoms with Crippen molar-refractivity contribution >= 4 is 17.6 Å². The quantitative estimate of drug-likeness (QED) is 0.871. The Labute approximate surface area is 98.4 Å². The molecule has 0 amide bonds. The highest BCUT2D eigenvalue weighted by Gasteiger charge is 2.07. The number of hydrogen-bond donors (Lipinski definition) is 1. The first kappa shape index (κ1) is 11.1. The Morgan fingerprint density at radius 2 is 1.76 bits per heavy atom. The second kappa shape index (κ2) is 4.61. The Hall–Kier alpha value is -2.43. The van der Waals surface area contributed by atoms with Gasteiger partial charge < -0.3 is 10.0 Å². The lowest BCUT2D eigenvalue weighted by Crippen LogP contribution is -2.12. The van der Waals surface area contributed by atoms with E-state index in [2.05, 4.69) is 9.97 Å². The lowest BCUT2D eigenvalue weighted by atomic mass is 10.2. The van der Waals surface area contributed by atoms with Gasteiger partial charge in [0.15, 0.2) is 0 Å². The number of hydrogen-bond acceptors (Lipinski definition) is 4. The molecule has 5 heteroatoms. The minimum Gasteiger partial charge on any atom is -0.478 e. The molecule has 2 rings (SSSR count). The zero-order valence-corrected chi connectivity index (χ0v) is 9.24. The van der Waals surface area contributed by atoms with Crippen LogP contribution in [-0.4, -0.2) is 28.1 Å². The SMILES string of the molecule is CN(c1ccc(C(=O)O)cc1)c1ncccn1. The van der Waals surface area contributed by atoms with Crippen LogP contribution in [0, 0.1) is 0 Å². The predicted octanol–water partition coefficient (Wildman–Crippen LogP) is 1.94. The second-order valence-corrected chi connectivity index (χ2v) is 3.46. The number of rotatable bonds is 3. The van der Waals surface area contributed by atoms with Gasteiger partial charge in [-0.15, -0.1) is 0 Å². The zero-order valence-electron chi connectivity index (χ0n) is 9.24. The van der Waals surface area contributed by atoms with Gasteiger partial charge in [-0.1, -0.05) is 0 Å². The van der Waals surface area contributed by atoms with Crippen molar-refractivity contribution in [3.63, 3.8) is 0 Å². The molecule has 0 unspecified atom stereocenters. The molecule has 2 aromatic rings. The van der Waals surface area contributed by atoms with E-state index in [0.717, 1.165) is 5.69 Å². The molecule has 5 nitrogen and oxygen atoms in total. The molecule has 0 aliphatic carbocycles. The van der Waals surface area contributed by atoms with Crippen LogP contribution in [0.3, 0.4) is 0 Å². The Morgan fingerprint density at radius 1 is 1.18 bits per heavy atom. The number of anilines is 2. The van der Waals surface area contributed by atoms with Crippen molar-refractivity contribution < 1.29 is 9.90 Å². The van der Waals surface area contributed by atoms with Crippen LogP contribution in [0.5, 0.6) is 0 Å². The highest BCUT2D eigenvalue weighted by molar-refractivity contribution is 5.88. The molecule has 0 saturated heterocycles. The second-order valence-electron chi connectivity index (χ2n) is 3.46. The molecule has 0 bridgehead atoms. The fourth-order valence-electron chi connectivity index (χ4n) is 1.41. The van der Waals surface area contributed by atoms with Crippen LogP contribution < -0.4 is 4.90 Å². The highest BCUT2D eigenvalue weighted by Crippen LogP contribution is 2.19. The topological polar surface area (TPSA) is 66.3 Å². The minimum absolute atomic E-state index is 0.260. The van der Waals surface area contributed by atoms with E-state index >= 15 is 0 Å². The molecular weight excluding hydrogens is 218 g/mol. The molecule has 0 aliphatic rings. The van der Waals surface area contributed by atoms with Gasteiger partial charge in [0, 0.05) is 25.1 Å². The third-order valence-corrected chi connectivity index (χ3v) is 2.35. The fourth-order valence-corrected chi connectivity index (χ4v) is 1.41. The van der Waals surface area contributed by atoms with Crippen LogP contribution in [0.15, 0.2) is 42.7 Å². The van der Waals surface area contributed by atoms with Crippen LogP contribution >= 0.6 is 0 Å². The lowest BCUT2D eigenvalue weighted by Gasteiger charge is -2.16. The number of aromatic nitrogens is 2. The van der Waals surface area contributed by atoms with Crippen LogP contribution in [-0.2, 0) is 0 Å². The number of nitrogens with zero attached hydrogens (tertiary/aromatic N) is 3. The summed E-state index contributed by atoms with van der Waals surface area (Å²) in [5.41, 5.74) is 1.09. The molecule has 1 aromatic carbocycles. The summed E-state index contributed by atoms with van der Waals surface area (Å²) in [5, 5.41) is 8.79. The Balaban J connectivity index is 2.26. The van der Waals surface area contributed by atoms with Crippen LogP contribution in [0.2, 0.25) is 0 Å². The molecule has 0 atom stereocenters. The Kier molecular flexibility index (Phi) is 3.00. The Morgan fingerprint density at radius 3 is 2.29 bits per heavy atom. The fraction of sp³-hybridized carbons (Fsp3) is 0.0833. The summed E-state index contributed by atoms with van der Waals surface area (Å²) in [6.45, 7) is 0. The monoisotopic (exact) mass is 229 g/mol. The van der Waals surface area contributed by atoms with Gasteiger partial charge in [0.05, 0.1) is 5.56 Å². The van der Waals surface area contributed by atoms with Gasteiger partial charge in [-0.25, -0.2) is 14.8 Å². The summed E-state index contributed by atoms with van der Waals surface area (Å²) in [6, 6.07) is 8.29. The number of benzene rings is 1. The van der Waals surface area contributed by atoms with Gasteiger partial charge in [0.1, 0.15) is 0 Å². The predicted molar refractivity (Wildman–Crippen MR) is 63.5 cm³/mol. The molecule has 0 spiro atoms. The minimum atomic E-state index is -0.935. The number of carboxylic acid groups (broad SMARTS) is 1. The third-order valence-electron chi connectivity index (χ3n) is 2.35. The van der Waals surface area contributed by atoms with Crippen LogP contribution in [0.4, 0.5) is 11.6 Å². The van der Waals surface area contributed by atoms with Gasteiger partial charge in [-0.3, -0.25) is 0 Å². The van der Waals surface area contributed by atoms with E-state index < -0.39 is 5.97 Å². The molecule has 0 saturated carbocycles. The van der Waals surface area contributed by atoms with Crippen molar-refractivity contribution in [1.29, 1.82) is 0 Å². The molecule has 1 aromatic heterocycles. The molecule has 0 radical (unpaired) electrons. The maximum absolute atomic E-state index is 10.7. The van der Waals surface area contributed by atoms with Crippen molar-refractivity contribution in [3.05, 3.63) is 48.3 Å². The molecule has 17 heavy (non-hydrogen) atoms. The summed E-state index contributed by atoms with van der Waals surface area (Å²) >= 11 is 0. The normalized spacial score (nSPS) is 9.94. The van der Waals surface area contributed by atoms with E-state index in [4.69, 9.17) is 5.11 Å². The lowest BCUT2D eigenvalue weighted by molar-refractivity contribution is 0.0697. The van der Waals surface area contributed by atoms with Gasteiger partial charge in [0.2, 0.25) is 5.95 Å². The molecule has 1 N–H and O–H groups in total. The molecule has 0 aliphatic heterocycles. The van der Waals surface area contributed by atoms with Crippen molar-refractivity contribution in [2.45, 2.75) is 0 Å². The molecule has 86 valence electrons. The van der Waals surface area contributed by atoms with E-state index in [1.807, 2.05) is 7.05 Å². The summed E-state index contributed by atoms with van der Waals surface area (Å²) in [5.74, 6) is -0.370. The first-order valence-corrected chi connectivity index (χ1v) is 5.02. The van der Waals surface area contributed by atoms with E-state index in [-0.39, 0.29) is 5.56 Å². The Bertz CT molecular complexity index is 511. The average molecular weight is 229 g/mol. The first-order valence-electron chi connectivity index (χ1n) is 5.02. The van der Waals surface area contributed by atoms with Crippen molar-refractivity contribution in [2.75, 3.05) is 11.9 Å². The zero-order chi connectivity index (χ0) is 12.3. The first-order chi connectivity index (χ1) is 8.18. The van der Waals surface area contributed by atoms with Gasteiger partial charge in [-0.2, -0.15) is 0 Å². The summed E-state index contributed by atoms with van der Waals surface area (Å²) in [6.07, 6.45) is 3.31. The smallest absolute Gasteiger partial charge is 0.335 e. The van der Waals surface area contributed by atoms with Crippen molar-refractivity contribution in [3.8, 4) is 0 Å². The summed E-state index contributed by atoms with van der Waals surface area (Å²) in [4.78, 5) is 20.7. The van der Waals surface area contributed by atoms with Crippen molar-refractivity contribution in [2.24, 2.45) is 0 Å². The third kappa shape index (κ3) is 2.39. The number of carbonyl (C=O) groups is 1. The number of aromatic carboxylic acids is 1. The summed E-state index contributed by atoms with van der Waals surface area (Å²) in [7, 11) is 1.82. The van der Waals surface area contributed by atoms with E-state index in [0.29, 0.717) is 5.95 Å². The highest BCUT2D eigenvalue weighted by atomic mass is 16.4. The van der Waals surface area contributed by atoms with Gasteiger partial charge in [-0.05, 0) is 30.3 Å².